The van der Waals surface area contributed by atoms with Crippen LogP contribution in [0.15, 0.2) is 18.5 Å². The number of nitrogens with one attached hydrogen (secondary N) is 1. The summed E-state index contributed by atoms with van der Waals surface area (Å²) in [5.74, 6) is 8.52. The summed E-state index contributed by atoms with van der Waals surface area (Å²) in [5, 5.41) is 3.53. The second kappa shape index (κ2) is 11.4. The minimum Gasteiger partial charge on any atom is -0.483 e. The Morgan fingerprint density at radius 2 is 1.90 bits per heavy atom. The lowest BCUT2D eigenvalue weighted by Gasteiger charge is -2.43. The van der Waals surface area contributed by atoms with E-state index in [0.717, 1.165) is 61.0 Å². The van der Waals surface area contributed by atoms with E-state index >= 15 is 0 Å². The number of anilines is 3. The third kappa shape index (κ3) is 5.78. The molecule has 5 heterocycles. The average molecular weight is 594 g/mol. The van der Waals surface area contributed by atoms with E-state index in [2.05, 4.69) is 51.1 Å². The van der Waals surface area contributed by atoms with E-state index in [0.29, 0.717) is 37.4 Å². The molecule has 0 aliphatic carbocycles. The molecule has 1 aromatic heterocycles. The van der Waals surface area contributed by atoms with Crippen LogP contribution in [0.1, 0.15) is 42.1 Å². The molecule has 12 heteroatoms. The Balaban J connectivity index is 1.14. The molecule has 3 saturated heterocycles. The number of fused-ring (bicyclic) bond motifs is 2. The number of ether oxygens (including phenoxy) is 1. The molecule has 6 rings (SSSR count). The van der Waals surface area contributed by atoms with Crippen LogP contribution in [0, 0.1) is 18.8 Å². The minimum absolute atomic E-state index is 0.0735. The highest BCUT2D eigenvalue weighted by atomic mass is 32.2. The van der Waals surface area contributed by atoms with E-state index < -0.39 is 9.84 Å². The molecule has 2 aromatic rings. The molecule has 0 bridgehead atoms. The van der Waals surface area contributed by atoms with Crippen LogP contribution in [-0.4, -0.2) is 116 Å². The maximum absolute atomic E-state index is 12.5. The molecule has 4 aliphatic heterocycles. The zero-order chi connectivity index (χ0) is 29.6. The molecular weight excluding hydrogens is 554 g/mol. The molecular formula is C30H39N7O4S. The Bertz CT molecular complexity index is 1530. The first kappa shape index (κ1) is 28.7. The van der Waals surface area contributed by atoms with Crippen molar-refractivity contribution in [3.8, 4) is 17.6 Å². The maximum atomic E-state index is 12.5. The second-order valence-corrected chi connectivity index (χ2v) is 14.4. The highest BCUT2D eigenvalue weighted by molar-refractivity contribution is 7.91. The van der Waals surface area contributed by atoms with E-state index in [1.165, 1.54) is 11.9 Å². The smallest absolute Gasteiger partial charge is 0.298 e. The molecule has 11 nitrogen and oxygen atoms in total. The quantitative estimate of drug-likeness (QED) is 0.527. The molecule has 2 atom stereocenters. The lowest BCUT2D eigenvalue weighted by Crippen LogP contribution is -2.51. The molecule has 4 aliphatic rings. The number of likely N-dealkylation sites (tertiary alicyclic amines) is 2. The number of carbonyl (C=O) groups is 1. The number of benzene rings is 1. The van der Waals surface area contributed by atoms with Crippen LogP contribution < -0.4 is 15.0 Å². The van der Waals surface area contributed by atoms with Crippen molar-refractivity contribution in [1.29, 1.82) is 0 Å². The summed E-state index contributed by atoms with van der Waals surface area (Å²) in [5.41, 5.74) is 4.04. The van der Waals surface area contributed by atoms with E-state index in [-0.39, 0.29) is 23.5 Å². The topological polar surface area (TPSA) is 111 Å². The Kier molecular flexibility index (Phi) is 7.76. The first-order chi connectivity index (χ1) is 20.1. The first-order valence-corrected chi connectivity index (χ1v) is 16.4. The minimum atomic E-state index is -3.01. The molecule has 42 heavy (non-hydrogen) atoms. The summed E-state index contributed by atoms with van der Waals surface area (Å²) in [6.45, 7) is 8.86. The number of rotatable bonds is 4. The van der Waals surface area contributed by atoms with Gasteiger partial charge in [0.2, 0.25) is 0 Å². The summed E-state index contributed by atoms with van der Waals surface area (Å²) in [6.07, 6.45) is 2.20. The van der Waals surface area contributed by atoms with Crippen LogP contribution in [0.3, 0.4) is 0 Å². The van der Waals surface area contributed by atoms with Crippen LogP contribution in [0.2, 0.25) is 0 Å². The van der Waals surface area contributed by atoms with Crippen molar-refractivity contribution in [2.45, 2.75) is 38.3 Å². The van der Waals surface area contributed by atoms with Gasteiger partial charge in [-0.05, 0) is 57.5 Å². The van der Waals surface area contributed by atoms with Gasteiger partial charge in [-0.25, -0.2) is 18.4 Å². The summed E-state index contributed by atoms with van der Waals surface area (Å²) in [7, 11) is 0.877. The fourth-order valence-corrected chi connectivity index (χ4v) is 7.49. The van der Waals surface area contributed by atoms with Gasteiger partial charge in [0.05, 0.1) is 29.3 Å². The standard InChI is InChI=1S/C30H39N7O4S/c1-20-14-22(23-16-37(17-23)24-7-9-36(18-24)26(38)6-5-8-34(3)4)15-25-28(20)41-21(2)27-29(33-25)31-19-32-30(27)35-10-12-42(39,40)13-11-35/h14-15,19,21,23-24H,7-13,16-18H2,1-4H3,(H,31,32,33)/t21-,24+/m1/s1. The normalized spacial score (nSPS) is 23.5. The molecule has 0 radical (unpaired) electrons. The van der Waals surface area contributed by atoms with Crippen molar-refractivity contribution in [1.82, 2.24) is 24.7 Å². The van der Waals surface area contributed by atoms with Crippen molar-refractivity contribution in [2.24, 2.45) is 0 Å². The van der Waals surface area contributed by atoms with Crippen LogP contribution in [0.25, 0.3) is 0 Å². The summed E-state index contributed by atoms with van der Waals surface area (Å²) >= 11 is 0. The summed E-state index contributed by atoms with van der Waals surface area (Å²) in [6, 6.07) is 4.77. The van der Waals surface area contributed by atoms with Crippen molar-refractivity contribution < 1.29 is 17.9 Å². The largest absolute Gasteiger partial charge is 0.483 e. The molecule has 224 valence electrons. The number of carbonyl (C=O) groups excluding carboxylic acids is 1. The van der Waals surface area contributed by atoms with Crippen LogP contribution in [-0.2, 0) is 14.6 Å². The summed E-state index contributed by atoms with van der Waals surface area (Å²) < 4.78 is 30.5. The Morgan fingerprint density at radius 1 is 1.14 bits per heavy atom. The Morgan fingerprint density at radius 3 is 2.64 bits per heavy atom. The number of aryl methyl sites for hydroxylation is 1. The molecule has 1 N–H and O–H groups in total. The molecule has 0 unspecified atom stereocenters. The fraction of sp³-hybridized carbons (Fsp3) is 0.567. The van der Waals surface area contributed by atoms with Gasteiger partial charge in [-0.15, -0.1) is 0 Å². The SMILES string of the molecule is Cc1cc(C2CN([C@H]3CCN(C(=O)C#CCN(C)C)C3)C2)cc2c1O[C@H](C)c1c(ncnc1N1CCS(=O)(=O)CC1)N2. The molecule has 3 fully saturated rings. The number of aromatic nitrogens is 2. The average Bonchev–Trinajstić information content (AvgIpc) is 3.33. The number of hydrogen-bond donors (Lipinski definition) is 1. The van der Waals surface area contributed by atoms with Gasteiger partial charge in [-0.3, -0.25) is 14.6 Å². The monoisotopic (exact) mass is 593 g/mol. The van der Waals surface area contributed by atoms with E-state index in [1.54, 1.807) is 0 Å². The molecule has 1 amide bonds. The highest BCUT2D eigenvalue weighted by Gasteiger charge is 2.38. The van der Waals surface area contributed by atoms with E-state index in [1.807, 2.05) is 35.7 Å². The van der Waals surface area contributed by atoms with E-state index in [4.69, 9.17) is 4.74 Å². The summed E-state index contributed by atoms with van der Waals surface area (Å²) in [4.78, 5) is 29.9. The van der Waals surface area contributed by atoms with Crippen LogP contribution in [0.5, 0.6) is 5.75 Å². The Labute approximate surface area is 248 Å². The van der Waals surface area contributed by atoms with Crippen molar-refractivity contribution in [3.63, 3.8) is 0 Å². The van der Waals surface area contributed by atoms with Crippen LogP contribution >= 0.6 is 0 Å². The third-order valence-corrected chi connectivity index (χ3v) is 10.3. The van der Waals surface area contributed by atoms with Gasteiger partial charge >= 0.3 is 0 Å². The van der Waals surface area contributed by atoms with Gasteiger partial charge in [0, 0.05) is 51.2 Å². The van der Waals surface area contributed by atoms with Gasteiger partial charge < -0.3 is 19.9 Å². The highest BCUT2D eigenvalue weighted by Crippen LogP contribution is 2.45. The lowest BCUT2D eigenvalue weighted by molar-refractivity contribution is -0.124. The Hall–Kier alpha value is -3.40. The number of nitrogens with zero attached hydrogens (tertiary/aromatic N) is 6. The van der Waals surface area contributed by atoms with Crippen LogP contribution in [0.4, 0.5) is 17.3 Å². The van der Waals surface area contributed by atoms with Gasteiger partial charge in [-0.1, -0.05) is 12.0 Å². The van der Waals surface area contributed by atoms with E-state index in [9.17, 15) is 13.2 Å². The van der Waals surface area contributed by atoms with Gasteiger partial charge in [0.15, 0.2) is 9.84 Å². The first-order valence-electron chi connectivity index (χ1n) is 14.6. The number of hydrogen-bond acceptors (Lipinski definition) is 10. The molecule has 0 spiro atoms. The molecule has 1 aromatic carbocycles. The predicted octanol–water partition coefficient (Wildman–Crippen LogP) is 1.78. The van der Waals surface area contributed by atoms with Crippen molar-refractivity contribution in [3.05, 3.63) is 35.2 Å². The van der Waals surface area contributed by atoms with Gasteiger partial charge in [0.1, 0.15) is 29.8 Å². The molecule has 0 saturated carbocycles. The second-order valence-electron chi connectivity index (χ2n) is 12.1. The van der Waals surface area contributed by atoms with Crippen molar-refractivity contribution in [2.75, 3.05) is 81.6 Å². The lowest BCUT2D eigenvalue weighted by atomic mass is 9.88. The third-order valence-electron chi connectivity index (χ3n) is 8.70. The predicted molar refractivity (Wildman–Crippen MR) is 162 cm³/mol. The number of sulfone groups is 1. The number of amides is 1. The van der Waals surface area contributed by atoms with Gasteiger partial charge in [0.25, 0.3) is 5.91 Å². The van der Waals surface area contributed by atoms with Crippen molar-refractivity contribution >= 4 is 33.1 Å². The fourth-order valence-electron chi connectivity index (χ4n) is 6.28. The zero-order valence-electron chi connectivity index (χ0n) is 24.8. The zero-order valence-corrected chi connectivity index (χ0v) is 25.6. The maximum Gasteiger partial charge on any atom is 0.298 e. The van der Waals surface area contributed by atoms with Gasteiger partial charge in [-0.2, -0.15) is 0 Å².